The van der Waals surface area contributed by atoms with Gasteiger partial charge in [-0.15, -0.1) is 0 Å². The maximum atomic E-state index is 14.1. The fourth-order valence-corrected chi connectivity index (χ4v) is 8.94. The predicted octanol–water partition coefficient (Wildman–Crippen LogP) is 5.19. The van der Waals surface area contributed by atoms with Gasteiger partial charge in [0.1, 0.15) is 5.28 Å². The van der Waals surface area contributed by atoms with Crippen molar-refractivity contribution in [3.8, 4) is 0 Å². The molecule has 4 fully saturated rings. The molecule has 0 aromatic heterocycles. The number of benzene rings is 1. The van der Waals surface area contributed by atoms with Gasteiger partial charge in [0.05, 0.1) is 13.2 Å². The lowest BCUT2D eigenvalue weighted by atomic mass is 9.53. The van der Waals surface area contributed by atoms with Crippen LogP contribution in [0.3, 0.4) is 0 Å². The molecule has 4 aliphatic carbocycles. The summed E-state index contributed by atoms with van der Waals surface area (Å²) in [5, 5.41) is 3.27. The molecule has 0 spiro atoms. The van der Waals surface area contributed by atoms with Crippen molar-refractivity contribution in [1.29, 1.82) is 0 Å². The van der Waals surface area contributed by atoms with Crippen LogP contribution in [0.5, 0.6) is 0 Å². The van der Waals surface area contributed by atoms with Crippen LogP contribution in [0.4, 0.5) is 0 Å². The summed E-state index contributed by atoms with van der Waals surface area (Å²) in [5.74, 6) is 2.40. The van der Waals surface area contributed by atoms with Gasteiger partial charge in [0.25, 0.3) is 0 Å². The van der Waals surface area contributed by atoms with Crippen LogP contribution in [0, 0.1) is 23.7 Å². The number of nitrogens with one attached hydrogen (secondary N) is 1. The Morgan fingerprint density at radius 2 is 1.50 bits per heavy atom. The molecule has 0 heterocycles. The van der Waals surface area contributed by atoms with Crippen LogP contribution in [-0.4, -0.2) is 18.5 Å². The van der Waals surface area contributed by atoms with Crippen molar-refractivity contribution in [3.63, 3.8) is 0 Å². The molecule has 1 aromatic rings. The molecule has 0 amide bonds. The largest absolute Gasteiger partial charge is 0.351 e. The molecule has 1 N–H and O–H groups in total. The molecule has 0 saturated heterocycles. The van der Waals surface area contributed by atoms with Gasteiger partial charge in [0, 0.05) is 6.54 Å². The van der Waals surface area contributed by atoms with Gasteiger partial charge in [0.15, 0.2) is 0 Å². The second-order valence-corrected chi connectivity index (χ2v) is 10.6. The van der Waals surface area contributed by atoms with Gasteiger partial charge < -0.3 is 9.05 Å². The van der Waals surface area contributed by atoms with Crippen LogP contribution < -0.4 is 5.32 Å². The molecule has 5 heteroatoms. The molecular formula is C21H32NO3P. The van der Waals surface area contributed by atoms with Crippen LogP contribution in [-0.2, 0) is 20.2 Å². The predicted molar refractivity (Wildman–Crippen MR) is 104 cm³/mol. The van der Waals surface area contributed by atoms with Gasteiger partial charge in [-0.3, -0.25) is 9.88 Å². The Hall–Kier alpha value is -0.670. The van der Waals surface area contributed by atoms with E-state index in [1.165, 1.54) is 37.7 Å². The summed E-state index contributed by atoms with van der Waals surface area (Å²) in [5.41, 5.74) is 1.22. The van der Waals surface area contributed by atoms with Crippen molar-refractivity contribution in [1.82, 2.24) is 5.32 Å². The molecule has 5 rings (SSSR count). The summed E-state index contributed by atoms with van der Waals surface area (Å²) in [6, 6.07) is 10.4. The van der Waals surface area contributed by atoms with E-state index in [1.54, 1.807) is 0 Å². The Morgan fingerprint density at radius 3 is 2.00 bits per heavy atom. The van der Waals surface area contributed by atoms with Crippen LogP contribution in [0.1, 0.15) is 51.5 Å². The Bertz CT molecular complexity index is 624. The molecule has 4 aliphatic rings. The third-order valence-corrected chi connectivity index (χ3v) is 9.84. The summed E-state index contributed by atoms with van der Waals surface area (Å²) in [6.45, 7) is 5.42. The van der Waals surface area contributed by atoms with Gasteiger partial charge in [0.2, 0.25) is 0 Å². The highest BCUT2D eigenvalue weighted by molar-refractivity contribution is 7.55. The lowest BCUT2D eigenvalue weighted by molar-refractivity contribution is -0.0496. The molecule has 0 aliphatic heterocycles. The molecule has 0 atom stereocenters. The Balaban J connectivity index is 1.70. The van der Waals surface area contributed by atoms with Crippen molar-refractivity contribution < 1.29 is 13.6 Å². The van der Waals surface area contributed by atoms with E-state index in [2.05, 4.69) is 29.6 Å². The minimum Gasteiger partial charge on any atom is -0.308 e. The fraction of sp³-hybridized carbons (Fsp3) is 0.714. The summed E-state index contributed by atoms with van der Waals surface area (Å²) in [6.07, 6.45) is 6.03. The maximum absolute atomic E-state index is 14.1. The van der Waals surface area contributed by atoms with E-state index in [4.69, 9.17) is 9.05 Å². The smallest absolute Gasteiger partial charge is 0.308 e. The third kappa shape index (κ3) is 2.99. The zero-order valence-corrected chi connectivity index (χ0v) is 16.9. The summed E-state index contributed by atoms with van der Waals surface area (Å²) >= 11 is 0. The van der Waals surface area contributed by atoms with Crippen molar-refractivity contribution in [2.75, 3.05) is 13.2 Å². The molecule has 0 unspecified atom stereocenters. The Kier molecular flexibility index (Phi) is 5.31. The zero-order chi connectivity index (χ0) is 18.2. The monoisotopic (exact) mass is 377 g/mol. The summed E-state index contributed by atoms with van der Waals surface area (Å²) in [4.78, 5) is 0. The van der Waals surface area contributed by atoms with Gasteiger partial charge in [-0.05, 0) is 75.2 Å². The highest BCUT2D eigenvalue weighted by Gasteiger charge is 2.66. The Labute approximate surface area is 157 Å². The van der Waals surface area contributed by atoms with E-state index in [9.17, 15) is 4.57 Å². The molecule has 0 radical (unpaired) electrons. The average molecular weight is 377 g/mol. The molecule has 144 valence electrons. The third-order valence-electron chi connectivity index (χ3n) is 6.85. The summed E-state index contributed by atoms with van der Waals surface area (Å²) in [7, 11) is -3.26. The second kappa shape index (κ2) is 7.39. The SMILES string of the molecule is CCOP(=O)(OCC)C1(NCc2ccccc2)C2CC3CC(C2)CC1C3. The van der Waals surface area contributed by atoms with E-state index in [0.717, 1.165) is 11.8 Å². The quantitative estimate of drug-likeness (QED) is 0.633. The molecule has 26 heavy (non-hydrogen) atoms. The van der Waals surface area contributed by atoms with E-state index < -0.39 is 12.9 Å². The fourth-order valence-electron chi connectivity index (χ4n) is 6.17. The van der Waals surface area contributed by atoms with Gasteiger partial charge >= 0.3 is 7.60 Å². The van der Waals surface area contributed by atoms with Crippen LogP contribution in [0.15, 0.2) is 30.3 Å². The first-order valence-corrected chi connectivity index (χ1v) is 11.8. The van der Waals surface area contributed by atoms with Crippen LogP contribution >= 0.6 is 7.60 Å². The molecule has 4 bridgehead atoms. The number of rotatable bonds is 8. The normalized spacial score (nSPS) is 35.8. The first-order chi connectivity index (χ1) is 12.6. The minimum atomic E-state index is -3.26. The molecule has 4 saturated carbocycles. The highest BCUT2D eigenvalue weighted by Crippen LogP contribution is 2.73. The first-order valence-electron chi connectivity index (χ1n) is 10.3. The molecule has 1 aromatic carbocycles. The second-order valence-electron chi connectivity index (χ2n) is 8.30. The zero-order valence-electron chi connectivity index (χ0n) is 16.0. The lowest BCUT2D eigenvalue weighted by Gasteiger charge is -2.62. The standard InChI is InChI=1S/C21H32NO3P/c1-3-24-26(23,25-4-2)21(22-15-16-8-6-5-7-9-16)19-11-17-10-18(13-19)14-20(21)12-17/h5-9,17-20,22H,3-4,10-15H2,1-2H3. The van der Waals surface area contributed by atoms with Crippen molar-refractivity contribution in [2.24, 2.45) is 23.7 Å². The van der Waals surface area contributed by atoms with Crippen molar-refractivity contribution in [3.05, 3.63) is 35.9 Å². The highest BCUT2D eigenvalue weighted by atomic mass is 31.2. The average Bonchev–Trinajstić information content (AvgIpc) is 2.62. The van der Waals surface area contributed by atoms with Gasteiger partial charge in [-0.2, -0.15) is 0 Å². The van der Waals surface area contributed by atoms with E-state index in [-0.39, 0.29) is 0 Å². The van der Waals surface area contributed by atoms with Crippen LogP contribution in [0.2, 0.25) is 0 Å². The van der Waals surface area contributed by atoms with Crippen molar-refractivity contribution >= 4 is 7.60 Å². The van der Waals surface area contributed by atoms with E-state index >= 15 is 0 Å². The maximum Gasteiger partial charge on any atom is 0.351 e. The number of hydrogen-bond donors (Lipinski definition) is 1. The van der Waals surface area contributed by atoms with Gasteiger partial charge in [-0.25, -0.2) is 0 Å². The van der Waals surface area contributed by atoms with E-state index in [1.807, 2.05) is 19.9 Å². The summed E-state index contributed by atoms with van der Waals surface area (Å²) < 4.78 is 26.1. The minimum absolute atomic E-state index is 0.395. The first kappa shape index (κ1) is 18.7. The molecular weight excluding hydrogens is 345 g/mol. The topological polar surface area (TPSA) is 47.6 Å². The Morgan fingerprint density at radius 1 is 0.962 bits per heavy atom. The molecule has 4 nitrogen and oxygen atoms in total. The van der Waals surface area contributed by atoms with Crippen molar-refractivity contribution in [2.45, 2.75) is 57.8 Å². The lowest BCUT2D eigenvalue weighted by Crippen LogP contribution is -2.64. The van der Waals surface area contributed by atoms with Crippen LogP contribution in [0.25, 0.3) is 0 Å². The van der Waals surface area contributed by atoms with E-state index in [0.29, 0.717) is 31.6 Å². The van der Waals surface area contributed by atoms with Gasteiger partial charge in [-0.1, -0.05) is 30.3 Å². The number of hydrogen-bond acceptors (Lipinski definition) is 4.